The van der Waals surface area contributed by atoms with Crippen molar-refractivity contribution in [3.05, 3.63) is 59.9 Å². The molecule has 0 unspecified atom stereocenters. The second-order valence-electron chi connectivity index (χ2n) is 6.15. The van der Waals surface area contributed by atoms with Gasteiger partial charge in [0.2, 0.25) is 0 Å². The molecule has 0 aliphatic heterocycles. The van der Waals surface area contributed by atoms with Gasteiger partial charge >= 0.3 is 5.91 Å². The second kappa shape index (κ2) is 8.40. The highest BCUT2D eigenvalue weighted by Crippen LogP contribution is 2.24. The third kappa shape index (κ3) is 4.67. The van der Waals surface area contributed by atoms with Gasteiger partial charge in [-0.1, -0.05) is 12.1 Å². The lowest BCUT2D eigenvalue weighted by atomic mass is 10.2. The van der Waals surface area contributed by atoms with Crippen LogP contribution in [0.5, 0.6) is 11.5 Å². The molecule has 6 heteroatoms. The number of para-hydroxylation sites is 1. The van der Waals surface area contributed by atoms with E-state index >= 15 is 0 Å². The van der Waals surface area contributed by atoms with E-state index in [1.807, 2.05) is 51.1 Å². The van der Waals surface area contributed by atoms with Gasteiger partial charge in [0.05, 0.1) is 18.9 Å². The summed E-state index contributed by atoms with van der Waals surface area (Å²) in [7, 11) is 0. The molecule has 0 saturated carbocycles. The Hall–Kier alpha value is -3.28. The fourth-order valence-electron chi connectivity index (χ4n) is 2.55. The maximum Gasteiger partial charge on any atom is 0.307 e. The maximum atomic E-state index is 12.3. The first kappa shape index (κ1) is 18.5. The smallest absolute Gasteiger partial charge is 0.307 e. The predicted octanol–water partition coefficient (Wildman–Crippen LogP) is 4.38. The van der Waals surface area contributed by atoms with Crippen molar-refractivity contribution >= 4 is 23.1 Å². The molecule has 3 aromatic rings. The third-order valence-electron chi connectivity index (χ3n) is 3.67. The molecule has 140 valence electrons. The number of hydrogen-bond acceptors (Lipinski definition) is 5. The Morgan fingerprint density at radius 2 is 2.04 bits per heavy atom. The van der Waals surface area contributed by atoms with Crippen LogP contribution in [0.25, 0.3) is 11.0 Å². The van der Waals surface area contributed by atoms with Gasteiger partial charge < -0.3 is 13.9 Å². The molecule has 1 aromatic heterocycles. The molecule has 0 bridgehead atoms. The van der Waals surface area contributed by atoms with Crippen molar-refractivity contribution in [1.82, 2.24) is 5.43 Å². The van der Waals surface area contributed by atoms with Crippen molar-refractivity contribution in [3.63, 3.8) is 0 Å². The van der Waals surface area contributed by atoms with E-state index in [0.717, 1.165) is 16.7 Å². The van der Waals surface area contributed by atoms with Gasteiger partial charge in [-0.3, -0.25) is 4.79 Å². The molecule has 6 nitrogen and oxygen atoms in total. The van der Waals surface area contributed by atoms with Gasteiger partial charge in [-0.15, -0.1) is 0 Å². The zero-order chi connectivity index (χ0) is 19.2. The summed E-state index contributed by atoms with van der Waals surface area (Å²) in [6.45, 7) is 6.40. The number of nitrogens with one attached hydrogen (secondary N) is 1. The molecule has 0 fully saturated rings. The number of benzene rings is 2. The lowest BCUT2D eigenvalue weighted by Crippen LogP contribution is -2.17. The molecule has 0 aliphatic carbocycles. The number of amides is 1. The molecule has 1 amide bonds. The summed E-state index contributed by atoms with van der Waals surface area (Å²) >= 11 is 0. The van der Waals surface area contributed by atoms with Gasteiger partial charge in [-0.2, -0.15) is 5.10 Å². The topological polar surface area (TPSA) is 73.1 Å². The van der Waals surface area contributed by atoms with Gasteiger partial charge in [0.15, 0.2) is 5.76 Å². The van der Waals surface area contributed by atoms with Crippen molar-refractivity contribution in [3.8, 4) is 11.5 Å². The molecule has 0 radical (unpaired) electrons. The van der Waals surface area contributed by atoms with Crippen LogP contribution in [0.2, 0.25) is 0 Å². The first-order chi connectivity index (χ1) is 13.1. The zero-order valence-electron chi connectivity index (χ0n) is 15.6. The average Bonchev–Trinajstić information content (AvgIpc) is 3.06. The van der Waals surface area contributed by atoms with Crippen molar-refractivity contribution in [2.45, 2.75) is 26.9 Å². The molecule has 1 heterocycles. The summed E-state index contributed by atoms with van der Waals surface area (Å²) in [5, 5.41) is 4.81. The van der Waals surface area contributed by atoms with Gasteiger partial charge in [-0.05, 0) is 57.2 Å². The normalized spacial score (nSPS) is 11.3. The first-order valence-electron chi connectivity index (χ1n) is 8.82. The minimum absolute atomic E-state index is 0.0475. The average molecular weight is 366 g/mol. The van der Waals surface area contributed by atoms with Gasteiger partial charge in [-0.25, -0.2) is 5.43 Å². The Balaban J connectivity index is 1.71. The summed E-state index contributed by atoms with van der Waals surface area (Å²) in [6, 6.07) is 14.6. The Labute approximate surface area is 157 Å². The molecule has 0 spiro atoms. The summed E-state index contributed by atoms with van der Waals surface area (Å²) in [4.78, 5) is 12.3. The van der Waals surface area contributed by atoms with Crippen LogP contribution in [0.1, 0.15) is 36.9 Å². The number of hydrogen-bond donors (Lipinski definition) is 1. The minimum Gasteiger partial charge on any atom is -0.494 e. The van der Waals surface area contributed by atoms with Gasteiger partial charge in [0.1, 0.15) is 17.1 Å². The summed E-state index contributed by atoms with van der Waals surface area (Å²) < 4.78 is 16.8. The second-order valence-corrected chi connectivity index (χ2v) is 6.15. The van der Waals surface area contributed by atoms with E-state index in [9.17, 15) is 4.79 Å². The zero-order valence-corrected chi connectivity index (χ0v) is 15.6. The van der Waals surface area contributed by atoms with E-state index < -0.39 is 5.91 Å². The van der Waals surface area contributed by atoms with Gasteiger partial charge in [0, 0.05) is 10.9 Å². The number of ether oxygens (including phenoxy) is 2. The molecule has 2 aromatic carbocycles. The van der Waals surface area contributed by atoms with E-state index in [-0.39, 0.29) is 11.9 Å². The number of fused-ring (bicyclic) bond motifs is 1. The van der Waals surface area contributed by atoms with Crippen LogP contribution in [-0.2, 0) is 0 Å². The van der Waals surface area contributed by atoms with E-state index in [2.05, 4.69) is 10.5 Å². The van der Waals surface area contributed by atoms with E-state index in [1.54, 1.807) is 24.4 Å². The number of furan rings is 1. The van der Waals surface area contributed by atoms with Crippen LogP contribution >= 0.6 is 0 Å². The van der Waals surface area contributed by atoms with Crippen molar-refractivity contribution < 1.29 is 18.7 Å². The molecule has 0 aliphatic rings. The van der Waals surface area contributed by atoms with Crippen LogP contribution in [0, 0.1) is 0 Å². The van der Waals surface area contributed by atoms with E-state index in [0.29, 0.717) is 17.9 Å². The minimum atomic E-state index is -0.428. The Kier molecular flexibility index (Phi) is 5.76. The fourth-order valence-corrected chi connectivity index (χ4v) is 2.55. The quantitative estimate of drug-likeness (QED) is 0.497. The molecular weight excluding hydrogens is 344 g/mol. The maximum absolute atomic E-state index is 12.3. The summed E-state index contributed by atoms with van der Waals surface area (Å²) in [5.74, 6) is 1.19. The van der Waals surface area contributed by atoms with Crippen LogP contribution in [0.15, 0.2) is 58.0 Å². The van der Waals surface area contributed by atoms with E-state index in [4.69, 9.17) is 13.9 Å². The Morgan fingerprint density at radius 3 is 2.81 bits per heavy atom. The van der Waals surface area contributed by atoms with Gasteiger partial charge in [0.25, 0.3) is 0 Å². The van der Waals surface area contributed by atoms with Crippen LogP contribution in [-0.4, -0.2) is 24.8 Å². The Morgan fingerprint density at radius 1 is 1.22 bits per heavy atom. The molecule has 3 rings (SSSR count). The van der Waals surface area contributed by atoms with Crippen molar-refractivity contribution in [2.75, 3.05) is 6.61 Å². The number of carbonyl (C=O) groups is 1. The monoisotopic (exact) mass is 366 g/mol. The van der Waals surface area contributed by atoms with Crippen LogP contribution in [0.4, 0.5) is 0 Å². The number of carbonyl (C=O) groups excluding carboxylic acids is 1. The third-order valence-corrected chi connectivity index (χ3v) is 3.67. The highest BCUT2D eigenvalue weighted by atomic mass is 16.5. The fraction of sp³-hybridized carbons (Fsp3) is 0.238. The van der Waals surface area contributed by atoms with Crippen LogP contribution in [0.3, 0.4) is 0 Å². The summed E-state index contributed by atoms with van der Waals surface area (Å²) in [5.41, 5.74) is 3.87. The number of rotatable bonds is 7. The molecular formula is C21H22N2O4. The van der Waals surface area contributed by atoms with Crippen molar-refractivity contribution in [1.29, 1.82) is 0 Å². The standard InChI is InChI=1S/C21H22N2O4/c1-4-25-17-9-10-19-16(11-17)12-20(27-19)21(24)23-22-13-15-7-5-6-8-18(15)26-14(2)3/h5-14H,4H2,1-3H3,(H,23,24)/b22-13+. The van der Waals surface area contributed by atoms with Crippen molar-refractivity contribution in [2.24, 2.45) is 5.10 Å². The largest absolute Gasteiger partial charge is 0.494 e. The SMILES string of the molecule is CCOc1ccc2oc(C(=O)N/N=C/c3ccccc3OC(C)C)cc2c1. The Bertz CT molecular complexity index is 960. The molecule has 0 atom stereocenters. The number of hydrazone groups is 1. The highest BCUT2D eigenvalue weighted by Gasteiger charge is 2.12. The lowest BCUT2D eigenvalue weighted by Gasteiger charge is -2.11. The number of nitrogens with zero attached hydrogens (tertiary/aromatic N) is 1. The summed E-state index contributed by atoms with van der Waals surface area (Å²) in [6.07, 6.45) is 1.59. The molecule has 1 N–H and O–H groups in total. The first-order valence-corrected chi connectivity index (χ1v) is 8.82. The highest BCUT2D eigenvalue weighted by molar-refractivity contribution is 5.97. The van der Waals surface area contributed by atoms with Crippen LogP contribution < -0.4 is 14.9 Å². The predicted molar refractivity (Wildman–Crippen MR) is 105 cm³/mol. The molecule has 0 saturated heterocycles. The van der Waals surface area contributed by atoms with E-state index in [1.165, 1.54) is 0 Å². The molecule has 27 heavy (non-hydrogen) atoms. The lowest BCUT2D eigenvalue weighted by molar-refractivity contribution is 0.0929.